The van der Waals surface area contributed by atoms with Crippen molar-refractivity contribution < 1.29 is 13.2 Å². The second-order valence-electron chi connectivity index (χ2n) is 4.18. The second-order valence-corrected chi connectivity index (χ2v) is 4.18. The third-order valence-corrected chi connectivity index (χ3v) is 2.81. The number of rotatable bonds is 3. The maximum atomic E-state index is 12.7. The minimum atomic E-state index is -4.49. The molecule has 2 aromatic rings. The van der Waals surface area contributed by atoms with Crippen LogP contribution < -0.4 is 11.1 Å². The van der Waals surface area contributed by atoms with Crippen molar-refractivity contribution in [1.82, 2.24) is 14.6 Å². The van der Waals surface area contributed by atoms with E-state index in [1.807, 2.05) is 0 Å². The van der Waals surface area contributed by atoms with Gasteiger partial charge >= 0.3 is 6.18 Å². The molecule has 0 spiro atoms. The van der Waals surface area contributed by atoms with Crippen LogP contribution in [0.25, 0.3) is 5.65 Å². The Morgan fingerprint density at radius 3 is 2.63 bits per heavy atom. The highest BCUT2D eigenvalue weighted by Gasteiger charge is 2.34. The summed E-state index contributed by atoms with van der Waals surface area (Å²) in [5, 5.41) is 6.54. The fraction of sp³-hybridized carbons (Fsp3) is 0.455. The lowest BCUT2D eigenvalue weighted by molar-refractivity contribution is -0.141. The molecule has 0 unspecified atom stereocenters. The molecule has 0 aromatic carbocycles. The summed E-state index contributed by atoms with van der Waals surface area (Å²) in [5.41, 5.74) is 6.00. The molecule has 104 valence electrons. The summed E-state index contributed by atoms with van der Waals surface area (Å²) in [6.45, 7) is 4.33. The number of fused-ring (bicyclic) bond motifs is 1. The van der Waals surface area contributed by atoms with Crippen molar-refractivity contribution in [2.45, 2.75) is 20.0 Å². The van der Waals surface area contributed by atoms with Crippen molar-refractivity contribution in [3.05, 3.63) is 23.0 Å². The maximum absolute atomic E-state index is 12.7. The van der Waals surface area contributed by atoms with E-state index in [0.717, 1.165) is 11.6 Å². The molecule has 5 nitrogen and oxygen atoms in total. The van der Waals surface area contributed by atoms with E-state index in [-0.39, 0.29) is 5.65 Å². The molecule has 0 fully saturated rings. The van der Waals surface area contributed by atoms with Gasteiger partial charge in [0.1, 0.15) is 5.82 Å². The van der Waals surface area contributed by atoms with Gasteiger partial charge in [0.2, 0.25) is 0 Å². The van der Waals surface area contributed by atoms with Crippen LogP contribution in [0.4, 0.5) is 19.0 Å². The van der Waals surface area contributed by atoms with Gasteiger partial charge in [-0.15, -0.1) is 0 Å². The summed E-state index contributed by atoms with van der Waals surface area (Å²) in [7, 11) is 0. The zero-order chi connectivity index (χ0) is 14.2. The molecule has 8 heteroatoms. The number of nitrogens with zero attached hydrogens (tertiary/aromatic N) is 3. The first kappa shape index (κ1) is 13.6. The highest BCUT2D eigenvalue weighted by molar-refractivity contribution is 5.55. The zero-order valence-electron chi connectivity index (χ0n) is 10.5. The van der Waals surface area contributed by atoms with Gasteiger partial charge in [0.25, 0.3) is 0 Å². The Bertz CT molecular complexity index is 602. The predicted octanol–water partition coefficient (Wildman–Crippen LogP) is 1.74. The minimum absolute atomic E-state index is 0.162. The van der Waals surface area contributed by atoms with Crippen molar-refractivity contribution >= 4 is 11.5 Å². The molecule has 0 atom stereocenters. The lowest BCUT2D eigenvalue weighted by Gasteiger charge is -2.12. The number of alkyl halides is 3. The van der Waals surface area contributed by atoms with Crippen molar-refractivity contribution in [2.24, 2.45) is 5.73 Å². The molecule has 0 saturated heterocycles. The van der Waals surface area contributed by atoms with Crippen LogP contribution in [0.1, 0.15) is 17.0 Å². The monoisotopic (exact) mass is 273 g/mol. The maximum Gasteiger partial charge on any atom is 0.435 e. The summed E-state index contributed by atoms with van der Waals surface area (Å²) < 4.78 is 39.2. The SMILES string of the molecule is Cc1nc2cc(C(F)(F)F)nn2c(NCCN)c1C. The van der Waals surface area contributed by atoms with E-state index in [0.29, 0.717) is 24.6 Å². The van der Waals surface area contributed by atoms with Crippen LogP contribution in [0.5, 0.6) is 0 Å². The number of aromatic nitrogens is 3. The topological polar surface area (TPSA) is 68.2 Å². The number of nitrogens with two attached hydrogens (primary N) is 1. The normalized spacial score (nSPS) is 12.1. The average Bonchev–Trinajstić information content (AvgIpc) is 2.73. The van der Waals surface area contributed by atoms with Gasteiger partial charge in [0.15, 0.2) is 11.3 Å². The van der Waals surface area contributed by atoms with Crippen molar-refractivity contribution in [3.63, 3.8) is 0 Å². The fourth-order valence-electron chi connectivity index (χ4n) is 1.74. The molecule has 0 aliphatic carbocycles. The fourth-order valence-corrected chi connectivity index (χ4v) is 1.74. The number of aryl methyl sites for hydroxylation is 1. The predicted molar refractivity (Wildman–Crippen MR) is 65.0 cm³/mol. The van der Waals surface area contributed by atoms with Gasteiger partial charge in [-0.3, -0.25) is 0 Å². The molecule has 0 aliphatic rings. The van der Waals surface area contributed by atoms with Crippen molar-refractivity contribution in [3.8, 4) is 0 Å². The van der Waals surface area contributed by atoms with E-state index in [1.54, 1.807) is 13.8 Å². The van der Waals surface area contributed by atoms with Crippen LogP contribution in [0.3, 0.4) is 0 Å². The first-order valence-electron chi connectivity index (χ1n) is 5.72. The molecule has 2 rings (SSSR count). The third kappa shape index (κ3) is 2.48. The quantitative estimate of drug-likeness (QED) is 0.893. The molecule has 0 aliphatic heterocycles. The zero-order valence-corrected chi connectivity index (χ0v) is 10.5. The average molecular weight is 273 g/mol. The van der Waals surface area contributed by atoms with E-state index in [4.69, 9.17) is 5.73 Å². The van der Waals surface area contributed by atoms with Gasteiger partial charge in [-0.1, -0.05) is 0 Å². The molecule has 3 N–H and O–H groups in total. The lowest BCUT2D eigenvalue weighted by Crippen LogP contribution is -2.17. The number of halogens is 3. The van der Waals surface area contributed by atoms with Gasteiger partial charge in [-0.05, 0) is 13.8 Å². The van der Waals surface area contributed by atoms with E-state index < -0.39 is 11.9 Å². The van der Waals surface area contributed by atoms with Crippen LogP contribution in [0.15, 0.2) is 6.07 Å². The molecular weight excluding hydrogens is 259 g/mol. The number of hydrogen-bond donors (Lipinski definition) is 2. The summed E-state index contributed by atoms with van der Waals surface area (Å²) in [5.74, 6) is 0.489. The molecule has 0 bridgehead atoms. The molecule has 19 heavy (non-hydrogen) atoms. The van der Waals surface area contributed by atoms with E-state index in [1.165, 1.54) is 4.52 Å². The number of hydrogen-bond acceptors (Lipinski definition) is 4. The van der Waals surface area contributed by atoms with E-state index in [9.17, 15) is 13.2 Å². The van der Waals surface area contributed by atoms with Gasteiger partial charge in [-0.2, -0.15) is 22.8 Å². The molecule has 0 amide bonds. The Balaban J connectivity index is 2.63. The molecular formula is C11H14F3N5. The third-order valence-electron chi connectivity index (χ3n) is 2.81. The van der Waals surface area contributed by atoms with Crippen LogP contribution in [0.2, 0.25) is 0 Å². The first-order chi connectivity index (χ1) is 8.84. The van der Waals surface area contributed by atoms with Crippen molar-refractivity contribution in [1.29, 1.82) is 0 Å². The Kier molecular flexibility index (Phi) is 3.36. The minimum Gasteiger partial charge on any atom is -0.368 e. The van der Waals surface area contributed by atoms with Gasteiger partial charge in [-0.25, -0.2) is 4.98 Å². The number of anilines is 1. The number of nitrogens with one attached hydrogen (secondary N) is 1. The first-order valence-corrected chi connectivity index (χ1v) is 5.72. The molecule has 2 heterocycles. The van der Waals surface area contributed by atoms with Gasteiger partial charge in [0.05, 0.1) is 0 Å². The smallest absolute Gasteiger partial charge is 0.368 e. The highest BCUT2D eigenvalue weighted by Crippen LogP contribution is 2.30. The summed E-state index contributed by atoms with van der Waals surface area (Å²) in [4.78, 5) is 4.11. The standard InChI is InChI=1S/C11H14F3N5/c1-6-7(2)17-9-5-8(11(12,13)14)18-19(9)10(6)16-4-3-15/h5,16H,3-4,15H2,1-2H3. The summed E-state index contributed by atoms with van der Waals surface area (Å²) in [6, 6.07) is 0.931. The second kappa shape index (κ2) is 4.69. The highest BCUT2D eigenvalue weighted by atomic mass is 19.4. The summed E-state index contributed by atoms with van der Waals surface area (Å²) >= 11 is 0. The molecule has 0 saturated carbocycles. The Morgan fingerprint density at radius 2 is 2.05 bits per heavy atom. The Morgan fingerprint density at radius 1 is 1.37 bits per heavy atom. The van der Waals surface area contributed by atoms with Gasteiger partial charge < -0.3 is 11.1 Å². The van der Waals surface area contributed by atoms with Crippen LogP contribution >= 0.6 is 0 Å². The van der Waals surface area contributed by atoms with E-state index in [2.05, 4.69) is 15.4 Å². The van der Waals surface area contributed by atoms with Crippen molar-refractivity contribution in [2.75, 3.05) is 18.4 Å². The van der Waals surface area contributed by atoms with Crippen LogP contribution in [-0.2, 0) is 6.18 Å². The molecule has 2 aromatic heterocycles. The van der Waals surface area contributed by atoms with Crippen LogP contribution in [-0.4, -0.2) is 27.7 Å². The van der Waals surface area contributed by atoms with Gasteiger partial charge in [0, 0.05) is 30.4 Å². The van der Waals surface area contributed by atoms with E-state index >= 15 is 0 Å². The Hall–Kier alpha value is -1.83. The summed E-state index contributed by atoms with van der Waals surface area (Å²) in [6.07, 6.45) is -4.49. The Labute approximate surface area is 107 Å². The largest absolute Gasteiger partial charge is 0.435 e. The molecule has 0 radical (unpaired) electrons. The van der Waals surface area contributed by atoms with Crippen LogP contribution in [0, 0.1) is 13.8 Å². The lowest BCUT2D eigenvalue weighted by atomic mass is 10.2.